The normalized spacial score (nSPS) is 11.9. The van der Waals surface area contributed by atoms with Gasteiger partial charge in [-0.15, -0.1) is 0 Å². The Morgan fingerprint density at radius 2 is 1.65 bits per heavy atom. The summed E-state index contributed by atoms with van der Waals surface area (Å²) in [5.41, 5.74) is 0. The Bertz CT molecular complexity index is 229. The van der Waals surface area contributed by atoms with Crippen LogP contribution in [0.25, 0.3) is 0 Å². The zero-order chi connectivity index (χ0) is 13.1. The molecule has 0 aromatic carbocycles. The van der Waals surface area contributed by atoms with Crippen LogP contribution in [-0.2, 0) is 9.59 Å². The van der Waals surface area contributed by atoms with Gasteiger partial charge in [-0.2, -0.15) is 0 Å². The first kappa shape index (κ1) is 15.9. The highest BCUT2D eigenvalue weighted by Crippen LogP contribution is 2.10. The molecule has 0 spiro atoms. The second-order valence-corrected chi connectivity index (χ2v) is 4.38. The van der Waals surface area contributed by atoms with Gasteiger partial charge in [0.05, 0.1) is 0 Å². The van der Waals surface area contributed by atoms with Crippen LogP contribution in [0.5, 0.6) is 0 Å². The SMILES string of the molecule is CCCC[C@H](CC)CNC(=O)C(=O)NCCC. The van der Waals surface area contributed by atoms with Crippen molar-refractivity contribution in [3.8, 4) is 0 Å². The molecule has 100 valence electrons. The monoisotopic (exact) mass is 242 g/mol. The number of amides is 2. The maximum atomic E-state index is 11.4. The molecule has 0 aromatic heterocycles. The summed E-state index contributed by atoms with van der Waals surface area (Å²) in [6, 6.07) is 0. The van der Waals surface area contributed by atoms with E-state index in [1.165, 1.54) is 12.8 Å². The summed E-state index contributed by atoms with van der Waals surface area (Å²) in [6.07, 6.45) is 5.34. The van der Waals surface area contributed by atoms with Crippen molar-refractivity contribution in [2.75, 3.05) is 13.1 Å². The van der Waals surface area contributed by atoms with E-state index in [4.69, 9.17) is 0 Å². The average Bonchev–Trinajstić information content (AvgIpc) is 2.35. The lowest BCUT2D eigenvalue weighted by Gasteiger charge is -2.14. The highest BCUT2D eigenvalue weighted by molar-refractivity contribution is 6.35. The second kappa shape index (κ2) is 10.1. The molecule has 0 unspecified atom stereocenters. The molecular formula is C13H26N2O2. The van der Waals surface area contributed by atoms with E-state index in [1.54, 1.807) is 0 Å². The van der Waals surface area contributed by atoms with Crippen LogP contribution in [0.15, 0.2) is 0 Å². The molecular weight excluding hydrogens is 216 g/mol. The van der Waals surface area contributed by atoms with E-state index in [9.17, 15) is 9.59 Å². The number of hydrogen-bond acceptors (Lipinski definition) is 2. The third-order valence-corrected chi connectivity index (χ3v) is 2.84. The number of carbonyl (C=O) groups excluding carboxylic acids is 2. The largest absolute Gasteiger partial charge is 0.348 e. The molecule has 0 aromatic rings. The first-order valence-electron chi connectivity index (χ1n) is 6.71. The van der Waals surface area contributed by atoms with Crippen LogP contribution in [0.1, 0.15) is 52.9 Å². The summed E-state index contributed by atoms with van der Waals surface area (Å²) >= 11 is 0. The van der Waals surface area contributed by atoms with Gasteiger partial charge in [0.15, 0.2) is 0 Å². The molecule has 0 bridgehead atoms. The first-order valence-corrected chi connectivity index (χ1v) is 6.71. The minimum Gasteiger partial charge on any atom is -0.348 e. The topological polar surface area (TPSA) is 58.2 Å². The van der Waals surface area contributed by atoms with Crippen LogP contribution in [-0.4, -0.2) is 24.9 Å². The first-order chi connectivity index (χ1) is 8.15. The number of hydrogen-bond donors (Lipinski definition) is 2. The fraction of sp³-hybridized carbons (Fsp3) is 0.846. The minimum atomic E-state index is -0.516. The van der Waals surface area contributed by atoms with Crippen molar-refractivity contribution < 1.29 is 9.59 Å². The fourth-order valence-corrected chi connectivity index (χ4v) is 1.58. The summed E-state index contributed by atoms with van der Waals surface area (Å²) in [7, 11) is 0. The Morgan fingerprint density at radius 3 is 2.18 bits per heavy atom. The van der Waals surface area contributed by atoms with Gasteiger partial charge in [0.2, 0.25) is 0 Å². The van der Waals surface area contributed by atoms with Crippen molar-refractivity contribution in [1.29, 1.82) is 0 Å². The van der Waals surface area contributed by atoms with Crippen LogP contribution in [0.4, 0.5) is 0 Å². The summed E-state index contributed by atoms with van der Waals surface area (Å²) in [4.78, 5) is 22.7. The zero-order valence-electron chi connectivity index (χ0n) is 11.3. The molecule has 1 atom stereocenters. The smallest absolute Gasteiger partial charge is 0.309 e. The summed E-state index contributed by atoms with van der Waals surface area (Å²) in [6.45, 7) is 7.39. The van der Waals surface area contributed by atoms with Crippen molar-refractivity contribution in [2.45, 2.75) is 52.9 Å². The fourth-order valence-electron chi connectivity index (χ4n) is 1.58. The molecule has 4 heteroatoms. The quantitative estimate of drug-likeness (QED) is 0.638. The zero-order valence-corrected chi connectivity index (χ0v) is 11.3. The van der Waals surface area contributed by atoms with Crippen molar-refractivity contribution in [3.63, 3.8) is 0 Å². The van der Waals surface area contributed by atoms with Gasteiger partial charge in [-0.1, -0.05) is 40.0 Å². The lowest BCUT2D eigenvalue weighted by molar-refractivity contribution is -0.139. The number of nitrogens with one attached hydrogen (secondary N) is 2. The molecule has 0 aliphatic heterocycles. The van der Waals surface area contributed by atoms with Crippen LogP contribution in [0.2, 0.25) is 0 Å². The van der Waals surface area contributed by atoms with Gasteiger partial charge in [-0.05, 0) is 18.8 Å². The van der Waals surface area contributed by atoms with E-state index in [-0.39, 0.29) is 0 Å². The van der Waals surface area contributed by atoms with Crippen LogP contribution < -0.4 is 10.6 Å². The third kappa shape index (κ3) is 7.77. The highest BCUT2D eigenvalue weighted by Gasteiger charge is 2.14. The molecule has 0 saturated carbocycles. The van der Waals surface area contributed by atoms with Gasteiger partial charge < -0.3 is 10.6 Å². The van der Waals surface area contributed by atoms with Gasteiger partial charge in [0, 0.05) is 13.1 Å². The molecule has 17 heavy (non-hydrogen) atoms. The van der Waals surface area contributed by atoms with Gasteiger partial charge >= 0.3 is 11.8 Å². The molecule has 0 aliphatic rings. The summed E-state index contributed by atoms with van der Waals surface area (Å²) in [5.74, 6) is -0.538. The number of unbranched alkanes of at least 4 members (excludes halogenated alkanes) is 1. The van der Waals surface area contributed by atoms with E-state index in [2.05, 4.69) is 24.5 Å². The van der Waals surface area contributed by atoms with Crippen molar-refractivity contribution in [3.05, 3.63) is 0 Å². The Morgan fingerprint density at radius 1 is 1.00 bits per heavy atom. The molecule has 0 heterocycles. The van der Waals surface area contributed by atoms with E-state index in [0.29, 0.717) is 19.0 Å². The van der Waals surface area contributed by atoms with Crippen molar-refractivity contribution >= 4 is 11.8 Å². The summed E-state index contributed by atoms with van der Waals surface area (Å²) < 4.78 is 0. The molecule has 2 amide bonds. The molecule has 4 nitrogen and oxygen atoms in total. The lowest BCUT2D eigenvalue weighted by Crippen LogP contribution is -2.41. The van der Waals surface area contributed by atoms with Crippen molar-refractivity contribution in [2.24, 2.45) is 5.92 Å². The minimum absolute atomic E-state index is 0.484. The van der Waals surface area contributed by atoms with Gasteiger partial charge in [-0.25, -0.2) is 0 Å². The van der Waals surface area contributed by atoms with Gasteiger partial charge in [0.25, 0.3) is 0 Å². The maximum Gasteiger partial charge on any atom is 0.309 e. The Hall–Kier alpha value is -1.06. The highest BCUT2D eigenvalue weighted by atomic mass is 16.2. The van der Waals surface area contributed by atoms with Crippen LogP contribution in [0.3, 0.4) is 0 Å². The van der Waals surface area contributed by atoms with Gasteiger partial charge in [0.1, 0.15) is 0 Å². The standard InChI is InChI=1S/C13H26N2O2/c1-4-7-8-11(6-3)10-15-13(17)12(16)14-9-5-2/h11H,4-10H2,1-3H3,(H,14,16)(H,15,17)/t11-/m0/s1. The second-order valence-electron chi connectivity index (χ2n) is 4.38. The molecule has 0 fully saturated rings. The number of rotatable bonds is 8. The average molecular weight is 242 g/mol. The van der Waals surface area contributed by atoms with Crippen LogP contribution >= 0.6 is 0 Å². The molecule has 0 rings (SSSR count). The van der Waals surface area contributed by atoms with E-state index >= 15 is 0 Å². The van der Waals surface area contributed by atoms with Crippen LogP contribution in [0, 0.1) is 5.92 Å². The number of carbonyl (C=O) groups is 2. The van der Waals surface area contributed by atoms with E-state index in [1.807, 2.05) is 6.92 Å². The Kier molecular flexibility index (Phi) is 9.49. The lowest BCUT2D eigenvalue weighted by atomic mass is 9.99. The maximum absolute atomic E-state index is 11.4. The molecule has 0 saturated heterocycles. The Labute approximate surface area is 105 Å². The van der Waals surface area contributed by atoms with E-state index in [0.717, 1.165) is 19.3 Å². The summed E-state index contributed by atoms with van der Waals surface area (Å²) in [5, 5.41) is 5.27. The van der Waals surface area contributed by atoms with Gasteiger partial charge in [-0.3, -0.25) is 9.59 Å². The Balaban J connectivity index is 3.83. The molecule has 0 aliphatic carbocycles. The third-order valence-electron chi connectivity index (χ3n) is 2.84. The van der Waals surface area contributed by atoms with Crippen molar-refractivity contribution in [1.82, 2.24) is 10.6 Å². The predicted molar refractivity (Wildman–Crippen MR) is 69.6 cm³/mol. The molecule has 2 N–H and O–H groups in total. The van der Waals surface area contributed by atoms with E-state index < -0.39 is 11.8 Å². The predicted octanol–water partition coefficient (Wildman–Crippen LogP) is 1.85. The molecule has 0 radical (unpaired) electrons.